The number of halogens is 1. The number of rotatable bonds is 5. The summed E-state index contributed by atoms with van der Waals surface area (Å²) in [5.41, 5.74) is 3.42. The standard InChI is InChI=1S/C23H31NO2.ClH/c1-3-23-13-21-17(22(25)26-4-2)12-19(23)20(24(21)14-15-9-10-15)11-16-7-5-6-8-18(16)23;/h5-8,15,17,19-21H,3-4,9-14H2,1-2H3;1H. The van der Waals surface area contributed by atoms with Gasteiger partial charge in [-0.2, -0.15) is 0 Å². The fourth-order valence-corrected chi connectivity index (χ4v) is 6.62. The third-order valence-corrected chi connectivity index (χ3v) is 7.94. The van der Waals surface area contributed by atoms with Crippen molar-refractivity contribution in [3.05, 3.63) is 35.4 Å². The molecule has 4 fully saturated rings. The van der Waals surface area contributed by atoms with Crippen molar-refractivity contribution in [2.24, 2.45) is 17.8 Å². The van der Waals surface area contributed by atoms with E-state index in [-0.39, 0.29) is 29.7 Å². The van der Waals surface area contributed by atoms with Crippen LogP contribution in [0.2, 0.25) is 0 Å². The van der Waals surface area contributed by atoms with Gasteiger partial charge in [-0.3, -0.25) is 9.69 Å². The van der Waals surface area contributed by atoms with E-state index in [0.717, 1.165) is 18.8 Å². The average Bonchev–Trinajstić information content (AvgIpc) is 3.48. The molecule has 1 aromatic rings. The Labute approximate surface area is 169 Å². The highest BCUT2D eigenvalue weighted by molar-refractivity contribution is 5.85. The van der Waals surface area contributed by atoms with Crippen LogP contribution in [0.3, 0.4) is 0 Å². The summed E-state index contributed by atoms with van der Waals surface area (Å²) in [6, 6.07) is 10.1. The predicted molar refractivity (Wildman–Crippen MR) is 109 cm³/mol. The normalized spacial score (nSPS) is 36.7. The molecule has 0 N–H and O–H groups in total. The van der Waals surface area contributed by atoms with Gasteiger partial charge in [-0.25, -0.2) is 0 Å². The van der Waals surface area contributed by atoms with Crippen LogP contribution in [0.15, 0.2) is 24.3 Å². The Bertz CT molecular complexity index is 718. The number of benzene rings is 1. The molecule has 1 aromatic carbocycles. The summed E-state index contributed by atoms with van der Waals surface area (Å²) in [4.78, 5) is 15.5. The monoisotopic (exact) mass is 389 g/mol. The molecule has 0 radical (unpaired) electrons. The lowest BCUT2D eigenvalue weighted by molar-refractivity contribution is -0.168. The maximum absolute atomic E-state index is 12.7. The maximum atomic E-state index is 12.7. The number of fused-ring (bicyclic) bond motifs is 2. The fraction of sp³-hybridized carbons (Fsp3) is 0.696. The molecule has 4 bridgehead atoms. The van der Waals surface area contributed by atoms with Crippen molar-refractivity contribution in [1.82, 2.24) is 4.90 Å². The van der Waals surface area contributed by atoms with Gasteiger partial charge in [0.25, 0.3) is 0 Å². The molecule has 0 amide bonds. The zero-order valence-corrected chi connectivity index (χ0v) is 17.3. The first-order valence-corrected chi connectivity index (χ1v) is 10.7. The molecule has 2 heterocycles. The topological polar surface area (TPSA) is 29.5 Å². The van der Waals surface area contributed by atoms with E-state index in [9.17, 15) is 4.79 Å². The Hall–Kier alpha value is -1.06. The number of carbonyl (C=O) groups is 1. The molecule has 2 saturated carbocycles. The van der Waals surface area contributed by atoms with Gasteiger partial charge in [0.1, 0.15) is 0 Å². The average molecular weight is 390 g/mol. The Kier molecular flexibility index (Phi) is 5.05. The van der Waals surface area contributed by atoms with Crippen molar-refractivity contribution < 1.29 is 9.53 Å². The minimum Gasteiger partial charge on any atom is -0.466 e. The van der Waals surface area contributed by atoms with E-state index in [2.05, 4.69) is 36.1 Å². The Morgan fingerprint density at radius 2 is 2.00 bits per heavy atom. The third-order valence-electron chi connectivity index (χ3n) is 7.94. The van der Waals surface area contributed by atoms with Crippen LogP contribution in [0.1, 0.15) is 57.1 Å². The van der Waals surface area contributed by atoms with Crippen molar-refractivity contribution in [3.8, 4) is 0 Å². The molecule has 6 rings (SSSR count). The minimum absolute atomic E-state index is 0. The highest BCUT2D eigenvalue weighted by Crippen LogP contribution is 2.60. The van der Waals surface area contributed by atoms with Crippen molar-refractivity contribution in [2.45, 2.75) is 69.9 Å². The molecule has 148 valence electrons. The van der Waals surface area contributed by atoms with E-state index in [4.69, 9.17) is 4.74 Å². The Balaban J connectivity index is 0.00000180. The molecule has 2 aliphatic heterocycles. The van der Waals surface area contributed by atoms with Gasteiger partial charge in [0, 0.05) is 24.0 Å². The van der Waals surface area contributed by atoms with Crippen LogP contribution in [-0.2, 0) is 21.4 Å². The van der Waals surface area contributed by atoms with Crippen molar-refractivity contribution in [3.63, 3.8) is 0 Å². The smallest absolute Gasteiger partial charge is 0.310 e. The summed E-state index contributed by atoms with van der Waals surface area (Å²) < 4.78 is 5.50. The highest BCUT2D eigenvalue weighted by Gasteiger charge is 2.62. The van der Waals surface area contributed by atoms with Gasteiger partial charge in [-0.05, 0) is 68.4 Å². The molecule has 4 heteroatoms. The second-order valence-electron chi connectivity index (χ2n) is 9.05. The van der Waals surface area contributed by atoms with Crippen LogP contribution < -0.4 is 0 Å². The van der Waals surface area contributed by atoms with E-state index in [1.807, 2.05) is 6.92 Å². The second kappa shape index (κ2) is 7.08. The molecular formula is C23H32ClNO2. The van der Waals surface area contributed by atoms with E-state index in [0.29, 0.717) is 24.6 Å². The zero-order chi connectivity index (χ0) is 17.9. The van der Waals surface area contributed by atoms with E-state index in [1.165, 1.54) is 32.2 Å². The lowest BCUT2D eigenvalue weighted by atomic mass is 9.48. The molecule has 5 atom stereocenters. The van der Waals surface area contributed by atoms with Gasteiger partial charge in [0.05, 0.1) is 12.5 Å². The number of nitrogens with zero attached hydrogens (tertiary/aromatic N) is 1. The molecular weight excluding hydrogens is 358 g/mol. The van der Waals surface area contributed by atoms with Crippen molar-refractivity contribution in [1.29, 1.82) is 0 Å². The Morgan fingerprint density at radius 1 is 1.22 bits per heavy atom. The van der Waals surface area contributed by atoms with Crippen molar-refractivity contribution in [2.75, 3.05) is 13.2 Å². The predicted octanol–water partition coefficient (Wildman–Crippen LogP) is 4.36. The first kappa shape index (κ1) is 19.3. The summed E-state index contributed by atoms with van der Waals surface area (Å²) in [5.74, 6) is 1.60. The van der Waals surface area contributed by atoms with E-state index >= 15 is 0 Å². The van der Waals surface area contributed by atoms with Gasteiger partial charge in [-0.15, -0.1) is 12.4 Å². The quantitative estimate of drug-likeness (QED) is 0.700. The first-order valence-electron chi connectivity index (χ1n) is 10.7. The number of hydrogen-bond acceptors (Lipinski definition) is 3. The van der Waals surface area contributed by atoms with Crippen LogP contribution in [-0.4, -0.2) is 36.1 Å². The number of carbonyl (C=O) groups excluding carboxylic acids is 1. The summed E-state index contributed by atoms with van der Waals surface area (Å²) in [7, 11) is 0. The fourth-order valence-electron chi connectivity index (χ4n) is 6.62. The lowest BCUT2D eigenvalue weighted by Crippen LogP contribution is -2.70. The van der Waals surface area contributed by atoms with Gasteiger partial charge >= 0.3 is 5.97 Å². The molecule has 3 aliphatic carbocycles. The van der Waals surface area contributed by atoms with Crippen LogP contribution in [0.4, 0.5) is 0 Å². The maximum Gasteiger partial charge on any atom is 0.310 e. The summed E-state index contributed by atoms with van der Waals surface area (Å²) in [6.45, 7) is 5.99. The van der Waals surface area contributed by atoms with Crippen molar-refractivity contribution >= 4 is 18.4 Å². The minimum atomic E-state index is 0. The lowest BCUT2D eigenvalue weighted by Gasteiger charge is -2.65. The zero-order valence-electron chi connectivity index (χ0n) is 16.5. The molecule has 5 unspecified atom stereocenters. The summed E-state index contributed by atoms with van der Waals surface area (Å²) in [5, 5.41) is 0. The molecule has 5 aliphatic rings. The number of piperidine rings is 2. The van der Waals surface area contributed by atoms with Gasteiger partial charge < -0.3 is 4.74 Å². The van der Waals surface area contributed by atoms with Gasteiger partial charge in [0.15, 0.2) is 0 Å². The second-order valence-corrected chi connectivity index (χ2v) is 9.05. The molecule has 0 aromatic heterocycles. The van der Waals surface area contributed by atoms with Crippen LogP contribution in [0.25, 0.3) is 0 Å². The third kappa shape index (κ3) is 2.84. The number of esters is 1. The SMILES string of the molecule is CCOC(=O)C1CC2C3Cc4ccccc4C2(CC)CC1N3CC1CC1.Cl. The first-order chi connectivity index (χ1) is 12.7. The molecule has 27 heavy (non-hydrogen) atoms. The number of hydrogen-bond donors (Lipinski definition) is 0. The van der Waals surface area contributed by atoms with Gasteiger partial charge in [0.2, 0.25) is 0 Å². The molecule has 2 saturated heterocycles. The Morgan fingerprint density at radius 3 is 2.70 bits per heavy atom. The highest BCUT2D eigenvalue weighted by atomic mass is 35.5. The van der Waals surface area contributed by atoms with E-state index in [1.54, 1.807) is 11.1 Å². The molecule has 0 spiro atoms. The summed E-state index contributed by atoms with van der Waals surface area (Å²) >= 11 is 0. The van der Waals surface area contributed by atoms with Crippen LogP contribution >= 0.6 is 12.4 Å². The summed E-state index contributed by atoms with van der Waals surface area (Å²) in [6.07, 6.45) is 7.27. The molecule has 3 nitrogen and oxygen atoms in total. The van der Waals surface area contributed by atoms with Crippen LogP contribution in [0, 0.1) is 17.8 Å². The largest absolute Gasteiger partial charge is 0.466 e. The van der Waals surface area contributed by atoms with Gasteiger partial charge in [-0.1, -0.05) is 31.2 Å². The van der Waals surface area contributed by atoms with E-state index < -0.39 is 0 Å². The number of ether oxygens (including phenoxy) is 1. The van der Waals surface area contributed by atoms with Crippen LogP contribution in [0.5, 0.6) is 0 Å².